The number of thiazole rings is 1. The third kappa shape index (κ3) is 5.73. The lowest BCUT2D eigenvalue weighted by atomic mass is 9.90. The standard InChI is InChI=1S/C20H23N7O4S2/c21-17-16(26-28)18(31-12-13-4-2-1-3-5-13)25-19(24-17)23-14-6-8-15(9-7-14)33(29,30)27-20-22-10-11-32-20/h6-11,13H,1-5,12H2,(H,22,27)(H3,21,23,24,25). The number of rotatable bonds is 9. The molecule has 0 spiro atoms. The smallest absolute Gasteiger partial charge is 0.263 e. The fraction of sp³-hybridized carbons (Fsp3) is 0.350. The van der Waals surface area contributed by atoms with Crippen LogP contribution in [-0.2, 0) is 10.0 Å². The lowest BCUT2D eigenvalue weighted by Crippen LogP contribution is -2.16. The Hall–Kier alpha value is -3.32. The van der Waals surface area contributed by atoms with Crippen LogP contribution in [0.2, 0.25) is 0 Å². The van der Waals surface area contributed by atoms with E-state index in [9.17, 15) is 13.3 Å². The first-order valence-corrected chi connectivity index (χ1v) is 12.7. The Morgan fingerprint density at radius 2 is 1.91 bits per heavy atom. The zero-order valence-corrected chi connectivity index (χ0v) is 19.2. The topological polar surface area (TPSA) is 162 Å². The Labute approximate surface area is 194 Å². The van der Waals surface area contributed by atoms with Gasteiger partial charge in [0.2, 0.25) is 11.6 Å². The second kappa shape index (κ2) is 10.1. The van der Waals surface area contributed by atoms with Crippen LogP contribution in [0.3, 0.4) is 0 Å². The highest BCUT2D eigenvalue weighted by Crippen LogP contribution is 2.34. The molecule has 174 valence electrons. The molecule has 13 heteroatoms. The average molecular weight is 490 g/mol. The van der Waals surface area contributed by atoms with Crippen molar-refractivity contribution >= 4 is 49.6 Å². The van der Waals surface area contributed by atoms with E-state index in [-0.39, 0.29) is 33.4 Å². The summed E-state index contributed by atoms with van der Waals surface area (Å²) in [5.41, 5.74) is 6.27. The van der Waals surface area contributed by atoms with Gasteiger partial charge in [-0.15, -0.1) is 16.2 Å². The van der Waals surface area contributed by atoms with Crippen LogP contribution in [0.15, 0.2) is 45.9 Å². The minimum Gasteiger partial charge on any atom is -0.476 e. The molecule has 4 rings (SSSR count). The van der Waals surface area contributed by atoms with Gasteiger partial charge in [0.15, 0.2) is 10.9 Å². The van der Waals surface area contributed by atoms with Crippen LogP contribution in [0.1, 0.15) is 32.1 Å². The van der Waals surface area contributed by atoms with Gasteiger partial charge in [-0.05, 0) is 48.2 Å². The number of hydrogen-bond donors (Lipinski definition) is 3. The first-order chi connectivity index (χ1) is 15.9. The van der Waals surface area contributed by atoms with Gasteiger partial charge in [-0.1, -0.05) is 19.3 Å². The minimum atomic E-state index is -3.76. The predicted molar refractivity (Wildman–Crippen MR) is 127 cm³/mol. The predicted octanol–water partition coefficient (Wildman–Crippen LogP) is 4.42. The Bertz CT molecular complexity index is 1200. The number of nitrogen functional groups attached to an aromatic ring is 1. The van der Waals surface area contributed by atoms with Crippen molar-refractivity contribution in [1.29, 1.82) is 0 Å². The second-order valence-corrected chi connectivity index (χ2v) is 10.2. The van der Waals surface area contributed by atoms with Crippen molar-refractivity contribution in [3.63, 3.8) is 0 Å². The Balaban J connectivity index is 1.47. The maximum atomic E-state index is 12.5. The molecule has 0 bridgehead atoms. The van der Waals surface area contributed by atoms with Crippen molar-refractivity contribution < 1.29 is 13.2 Å². The van der Waals surface area contributed by atoms with E-state index < -0.39 is 10.0 Å². The summed E-state index contributed by atoms with van der Waals surface area (Å²) in [5, 5.41) is 7.83. The highest BCUT2D eigenvalue weighted by atomic mass is 32.2. The Morgan fingerprint density at radius 1 is 1.15 bits per heavy atom. The Morgan fingerprint density at radius 3 is 2.58 bits per heavy atom. The molecule has 33 heavy (non-hydrogen) atoms. The monoisotopic (exact) mass is 489 g/mol. The lowest BCUT2D eigenvalue weighted by molar-refractivity contribution is 0.203. The maximum Gasteiger partial charge on any atom is 0.263 e. The molecule has 0 amide bonds. The number of benzene rings is 1. The van der Waals surface area contributed by atoms with Crippen molar-refractivity contribution in [2.75, 3.05) is 22.4 Å². The molecule has 4 N–H and O–H groups in total. The van der Waals surface area contributed by atoms with Crippen LogP contribution in [0.5, 0.6) is 5.88 Å². The van der Waals surface area contributed by atoms with Crippen molar-refractivity contribution in [3.8, 4) is 5.88 Å². The number of nitrogens with two attached hydrogens (primary N) is 1. The normalized spacial score (nSPS) is 14.5. The van der Waals surface area contributed by atoms with Crippen molar-refractivity contribution in [2.24, 2.45) is 11.1 Å². The van der Waals surface area contributed by atoms with E-state index in [0.29, 0.717) is 18.2 Å². The summed E-state index contributed by atoms with van der Waals surface area (Å²) in [7, 11) is -3.76. The van der Waals surface area contributed by atoms with Crippen molar-refractivity contribution in [2.45, 2.75) is 37.0 Å². The molecular weight excluding hydrogens is 466 g/mol. The van der Waals surface area contributed by atoms with E-state index in [1.165, 1.54) is 36.1 Å². The fourth-order valence-electron chi connectivity index (χ4n) is 3.54. The summed E-state index contributed by atoms with van der Waals surface area (Å²) in [6.07, 6.45) is 7.21. The number of nitrogens with zero attached hydrogens (tertiary/aromatic N) is 4. The first kappa shape index (κ1) is 22.9. The summed E-state index contributed by atoms with van der Waals surface area (Å²) < 4.78 is 33.1. The molecule has 2 heterocycles. The molecule has 0 saturated heterocycles. The van der Waals surface area contributed by atoms with Crippen LogP contribution >= 0.6 is 11.3 Å². The van der Waals surface area contributed by atoms with Crippen LogP contribution in [0, 0.1) is 10.8 Å². The van der Waals surface area contributed by atoms with Crippen molar-refractivity contribution in [3.05, 3.63) is 40.7 Å². The number of nitrogens with one attached hydrogen (secondary N) is 2. The van der Waals surface area contributed by atoms with Crippen LogP contribution in [-0.4, -0.2) is 30.0 Å². The molecular formula is C20H23N7O4S2. The molecule has 11 nitrogen and oxygen atoms in total. The maximum absolute atomic E-state index is 12.5. The van der Waals surface area contributed by atoms with Gasteiger partial charge in [0.05, 0.1) is 11.5 Å². The number of hydrogen-bond acceptors (Lipinski definition) is 11. The molecule has 1 saturated carbocycles. The molecule has 2 aromatic heterocycles. The van der Waals surface area contributed by atoms with E-state index in [2.05, 4.69) is 30.2 Å². The van der Waals surface area contributed by atoms with Gasteiger partial charge >= 0.3 is 0 Å². The van der Waals surface area contributed by atoms with Gasteiger partial charge in [-0.3, -0.25) is 4.72 Å². The summed E-state index contributed by atoms with van der Waals surface area (Å²) in [6.45, 7) is 0.428. The average Bonchev–Trinajstić information content (AvgIpc) is 3.31. The van der Waals surface area contributed by atoms with E-state index in [1.54, 1.807) is 17.5 Å². The summed E-state index contributed by atoms with van der Waals surface area (Å²) in [6, 6.07) is 5.99. The van der Waals surface area contributed by atoms with E-state index in [1.807, 2.05) is 0 Å². The van der Waals surface area contributed by atoms with Gasteiger partial charge in [0.1, 0.15) is 0 Å². The molecule has 0 aliphatic heterocycles. The zero-order valence-electron chi connectivity index (χ0n) is 17.6. The van der Waals surface area contributed by atoms with Crippen molar-refractivity contribution in [1.82, 2.24) is 15.0 Å². The number of ether oxygens (including phenoxy) is 1. The zero-order chi connectivity index (χ0) is 23.3. The molecule has 3 aromatic rings. The number of nitroso groups, excluding NO2 is 1. The molecule has 0 unspecified atom stereocenters. The summed E-state index contributed by atoms with van der Waals surface area (Å²) in [4.78, 5) is 23.5. The van der Waals surface area contributed by atoms with Gasteiger partial charge in [-0.2, -0.15) is 9.97 Å². The lowest BCUT2D eigenvalue weighted by Gasteiger charge is -2.21. The minimum absolute atomic E-state index is 0.0254. The summed E-state index contributed by atoms with van der Waals surface area (Å²) >= 11 is 1.18. The highest BCUT2D eigenvalue weighted by molar-refractivity contribution is 7.93. The highest BCUT2D eigenvalue weighted by Gasteiger charge is 2.20. The van der Waals surface area contributed by atoms with E-state index in [0.717, 1.165) is 25.7 Å². The van der Waals surface area contributed by atoms with Crippen LogP contribution in [0.4, 0.5) is 28.3 Å². The number of aromatic nitrogens is 3. The van der Waals surface area contributed by atoms with Gasteiger partial charge in [0, 0.05) is 17.3 Å². The molecule has 1 aliphatic carbocycles. The van der Waals surface area contributed by atoms with E-state index >= 15 is 0 Å². The largest absolute Gasteiger partial charge is 0.476 e. The second-order valence-electron chi connectivity index (χ2n) is 7.58. The molecule has 1 aliphatic rings. The molecule has 0 atom stereocenters. The first-order valence-electron chi connectivity index (χ1n) is 10.4. The van der Waals surface area contributed by atoms with Gasteiger partial charge < -0.3 is 15.8 Å². The molecule has 1 fully saturated rings. The number of anilines is 4. The van der Waals surface area contributed by atoms with Crippen LogP contribution in [0.25, 0.3) is 0 Å². The quantitative estimate of drug-likeness (QED) is 0.369. The van der Waals surface area contributed by atoms with Gasteiger partial charge in [0.25, 0.3) is 15.9 Å². The fourth-order valence-corrected chi connectivity index (χ4v) is 5.33. The molecule has 0 radical (unpaired) electrons. The van der Waals surface area contributed by atoms with Crippen LogP contribution < -0.4 is 20.5 Å². The third-order valence-electron chi connectivity index (χ3n) is 5.23. The van der Waals surface area contributed by atoms with E-state index in [4.69, 9.17) is 10.5 Å². The SMILES string of the molecule is Nc1nc(Nc2ccc(S(=O)(=O)Nc3nccs3)cc2)nc(OCC2CCCCC2)c1N=O. The number of sulfonamides is 1. The third-order valence-corrected chi connectivity index (χ3v) is 7.40. The Kier molecular flexibility index (Phi) is 6.99. The summed E-state index contributed by atoms with van der Waals surface area (Å²) in [5.74, 6) is 0.429. The van der Waals surface area contributed by atoms with Gasteiger partial charge in [-0.25, -0.2) is 13.4 Å². The molecule has 1 aromatic carbocycles.